The Labute approximate surface area is 166 Å². The molecule has 0 aromatic heterocycles. The van der Waals surface area contributed by atoms with Crippen LogP contribution in [0.25, 0.3) is 0 Å². The topological polar surface area (TPSA) is 129 Å². The first-order valence-electron chi connectivity index (χ1n) is 10.1. The van der Waals surface area contributed by atoms with Crippen molar-refractivity contribution in [2.75, 3.05) is 0 Å². The molecule has 2 N–H and O–H groups in total. The van der Waals surface area contributed by atoms with Crippen molar-refractivity contribution in [2.24, 2.45) is 28.1 Å². The van der Waals surface area contributed by atoms with Crippen molar-refractivity contribution in [1.29, 1.82) is 0 Å². The largest absolute Gasteiger partial charge is 0.459 e. The number of aliphatic hydroxyl groups excluding tert-OH is 1. The summed E-state index contributed by atoms with van der Waals surface area (Å²) in [5, 5.41) is 23.0. The molecule has 2 aliphatic carbocycles. The van der Waals surface area contributed by atoms with Crippen molar-refractivity contribution in [1.82, 2.24) is 0 Å². The molecule has 9 nitrogen and oxygen atoms in total. The van der Waals surface area contributed by atoms with E-state index in [1.807, 2.05) is 20.8 Å². The lowest BCUT2D eigenvalue weighted by Gasteiger charge is -2.46. The van der Waals surface area contributed by atoms with Gasteiger partial charge in [-0.2, -0.15) is 0 Å². The van der Waals surface area contributed by atoms with Crippen LogP contribution >= 0.6 is 0 Å². The molecule has 0 aromatic carbocycles. The van der Waals surface area contributed by atoms with Gasteiger partial charge in [-0.15, -0.1) is 0 Å². The molecule has 4 aliphatic heterocycles. The molecule has 0 radical (unpaired) electrons. The highest BCUT2D eigenvalue weighted by Gasteiger charge is 3.01. The fourth-order valence-electron chi connectivity index (χ4n) is 8.06. The summed E-state index contributed by atoms with van der Waals surface area (Å²) in [4.78, 5) is 38.1. The highest BCUT2D eigenvalue weighted by Crippen LogP contribution is 2.84. The van der Waals surface area contributed by atoms with Crippen LogP contribution in [0.1, 0.15) is 40.5 Å². The summed E-state index contributed by atoms with van der Waals surface area (Å²) < 4.78 is 22.9. The summed E-state index contributed by atoms with van der Waals surface area (Å²) in [5.74, 6) is -3.52. The van der Waals surface area contributed by atoms with Gasteiger partial charge in [-0.3, -0.25) is 4.79 Å². The highest BCUT2D eigenvalue weighted by atomic mass is 16.8. The van der Waals surface area contributed by atoms with E-state index in [0.29, 0.717) is 6.42 Å². The first-order valence-corrected chi connectivity index (χ1v) is 10.1. The minimum Gasteiger partial charge on any atom is -0.459 e. The summed E-state index contributed by atoms with van der Waals surface area (Å²) in [6.07, 6.45) is -3.96. The van der Waals surface area contributed by atoms with Crippen LogP contribution in [-0.2, 0) is 33.3 Å². The molecule has 0 unspecified atom stereocenters. The molecule has 4 saturated heterocycles. The molecule has 6 rings (SSSR count). The lowest BCUT2D eigenvalue weighted by molar-refractivity contribution is -0.238. The second-order valence-corrected chi connectivity index (χ2v) is 10.6. The zero-order valence-electron chi connectivity index (χ0n) is 16.6. The molecule has 10 atom stereocenters. The van der Waals surface area contributed by atoms with Crippen molar-refractivity contribution in [3.63, 3.8) is 0 Å². The van der Waals surface area contributed by atoms with Gasteiger partial charge in [0.1, 0.15) is 12.2 Å². The number of hydrogen-bond acceptors (Lipinski definition) is 9. The molecule has 2 saturated carbocycles. The van der Waals surface area contributed by atoms with Gasteiger partial charge < -0.3 is 29.2 Å². The van der Waals surface area contributed by atoms with Crippen LogP contribution in [0.3, 0.4) is 0 Å². The number of ether oxygens (including phenoxy) is 4. The van der Waals surface area contributed by atoms with Crippen LogP contribution in [0.15, 0.2) is 0 Å². The van der Waals surface area contributed by atoms with Gasteiger partial charge in [-0.1, -0.05) is 20.8 Å². The molecule has 0 aromatic rings. The number of rotatable bonds is 0. The number of fused-ring (bicyclic) bond motifs is 1. The zero-order valence-corrected chi connectivity index (χ0v) is 16.6. The average Bonchev–Trinajstić information content (AvgIpc) is 3.31. The van der Waals surface area contributed by atoms with Crippen molar-refractivity contribution in [3.05, 3.63) is 0 Å². The van der Waals surface area contributed by atoms with Crippen LogP contribution in [0.2, 0.25) is 0 Å². The summed E-state index contributed by atoms with van der Waals surface area (Å²) in [6.45, 7) is 7.47. The normalized spacial score (nSPS) is 59.2. The Bertz CT molecular complexity index is 893. The predicted molar refractivity (Wildman–Crippen MR) is 90.6 cm³/mol. The van der Waals surface area contributed by atoms with Crippen LogP contribution in [-0.4, -0.2) is 63.9 Å². The van der Waals surface area contributed by atoms with E-state index in [9.17, 15) is 24.6 Å². The van der Waals surface area contributed by atoms with E-state index in [1.165, 1.54) is 6.92 Å². The van der Waals surface area contributed by atoms with Gasteiger partial charge in [0.05, 0.1) is 16.7 Å². The first kappa shape index (κ1) is 18.1. The molecular weight excluding hydrogens is 384 g/mol. The van der Waals surface area contributed by atoms with E-state index in [4.69, 9.17) is 18.9 Å². The maximum Gasteiger partial charge on any atom is 0.342 e. The third-order valence-electron chi connectivity index (χ3n) is 8.97. The molecule has 0 amide bonds. The van der Waals surface area contributed by atoms with E-state index in [-0.39, 0.29) is 17.8 Å². The van der Waals surface area contributed by atoms with E-state index >= 15 is 0 Å². The van der Waals surface area contributed by atoms with Gasteiger partial charge in [0, 0.05) is 6.42 Å². The second kappa shape index (κ2) is 4.48. The lowest BCUT2D eigenvalue weighted by Crippen LogP contribution is -2.66. The summed E-state index contributed by atoms with van der Waals surface area (Å²) in [5.41, 5.74) is -6.81. The molecule has 6 aliphatic rings. The van der Waals surface area contributed by atoms with Crippen LogP contribution in [0, 0.1) is 28.1 Å². The van der Waals surface area contributed by atoms with Crippen LogP contribution in [0.4, 0.5) is 0 Å². The lowest BCUT2D eigenvalue weighted by atomic mass is 9.51. The Hall–Kier alpha value is -1.71. The second-order valence-electron chi connectivity index (χ2n) is 10.6. The summed E-state index contributed by atoms with van der Waals surface area (Å²) in [6, 6.07) is 0. The first-order chi connectivity index (χ1) is 13.4. The van der Waals surface area contributed by atoms with Gasteiger partial charge in [0.15, 0.2) is 11.7 Å². The molecule has 158 valence electrons. The molecule has 6 fully saturated rings. The standard InChI is InChI=1S/C20H24O9/c1-7-12(22)26-10-6-17-9-5-8(16(2,3)4)18(17)11(21)13(23)28-15(18)29-20(17,14(24)27-9)19(7,10)25/h7-11,15,21,25H,5-6H2,1-4H3/t7-,8+,9-,10-,11+,15+,17-,18-,19-,20-/m1/s1. The van der Waals surface area contributed by atoms with Crippen molar-refractivity contribution in [2.45, 2.75) is 76.3 Å². The number of hydrogen-bond donors (Lipinski definition) is 2. The number of esters is 3. The molecule has 9 heteroatoms. The fraction of sp³-hybridized carbons (Fsp3) is 0.850. The Morgan fingerprint density at radius 3 is 2.38 bits per heavy atom. The van der Waals surface area contributed by atoms with Crippen LogP contribution in [0.5, 0.6) is 0 Å². The zero-order chi connectivity index (χ0) is 20.9. The SMILES string of the molecule is C[C@@H]1C(=O)O[C@@H]2C[C@@]34[C@H]5C[C@@H](C(C)(C)C)[C@@]36[C@@H](OC(=O)[C@@H]6O)O[C@@]4(C(=O)O5)[C@@]12O. The van der Waals surface area contributed by atoms with Gasteiger partial charge in [0.25, 0.3) is 0 Å². The van der Waals surface area contributed by atoms with Gasteiger partial charge >= 0.3 is 17.9 Å². The third kappa shape index (κ3) is 1.35. The van der Waals surface area contributed by atoms with E-state index in [1.54, 1.807) is 0 Å². The van der Waals surface area contributed by atoms with Gasteiger partial charge in [0.2, 0.25) is 11.9 Å². The van der Waals surface area contributed by atoms with E-state index in [0.717, 1.165) is 0 Å². The average molecular weight is 408 g/mol. The monoisotopic (exact) mass is 408 g/mol. The molecular formula is C20H24O9. The van der Waals surface area contributed by atoms with E-state index < -0.39 is 70.5 Å². The maximum atomic E-state index is 13.3. The highest BCUT2D eigenvalue weighted by molar-refractivity contribution is 5.93. The summed E-state index contributed by atoms with van der Waals surface area (Å²) in [7, 11) is 0. The van der Waals surface area contributed by atoms with Crippen molar-refractivity contribution < 1.29 is 43.5 Å². The quantitative estimate of drug-likeness (QED) is 0.408. The Balaban J connectivity index is 1.68. The maximum absolute atomic E-state index is 13.3. The Kier molecular flexibility index (Phi) is 2.79. The third-order valence-corrected chi connectivity index (χ3v) is 8.97. The number of carbonyl (C=O) groups excluding carboxylic acids is 3. The Morgan fingerprint density at radius 1 is 1.03 bits per heavy atom. The van der Waals surface area contributed by atoms with Crippen molar-refractivity contribution >= 4 is 17.9 Å². The number of carbonyl (C=O) groups is 3. The van der Waals surface area contributed by atoms with Gasteiger partial charge in [-0.05, 0) is 24.7 Å². The number of aliphatic hydroxyl groups is 2. The van der Waals surface area contributed by atoms with Gasteiger partial charge in [-0.25, -0.2) is 9.59 Å². The molecule has 2 spiro atoms. The fourth-order valence-corrected chi connectivity index (χ4v) is 8.06. The molecule has 4 heterocycles. The molecule has 0 bridgehead atoms. The minimum absolute atomic E-state index is 0.0623. The van der Waals surface area contributed by atoms with Crippen molar-refractivity contribution in [3.8, 4) is 0 Å². The van der Waals surface area contributed by atoms with Crippen LogP contribution < -0.4 is 0 Å². The Morgan fingerprint density at radius 2 is 1.72 bits per heavy atom. The molecule has 29 heavy (non-hydrogen) atoms. The smallest absolute Gasteiger partial charge is 0.342 e. The minimum atomic E-state index is -1.97. The predicted octanol–water partition coefficient (Wildman–Crippen LogP) is -0.340. The summed E-state index contributed by atoms with van der Waals surface area (Å²) >= 11 is 0. The van der Waals surface area contributed by atoms with E-state index in [2.05, 4.69) is 0 Å².